The van der Waals surface area contributed by atoms with Gasteiger partial charge >= 0.3 is 17.9 Å². The molecular formula is C72H114O6. The van der Waals surface area contributed by atoms with E-state index in [0.717, 1.165) is 180 Å². The highest BCUT2D eigenvalue weighted by Gasteiger charge is 2.19. The Kier molecular flexibility index (Phi) is 60.4. The van der Waals surface area contributed by atoms with E-state index >= 15 is 0 Å². The lowest BCUT2D eigenvalue weighted by atomic mass is 10.1. The van der Waals surface area contributed by atoms with Gasteiger partial charge in [0.2, 0.25) is 0 Å². The van der Waals surface area contributed by atoms with Crippen molar-refractivity contribution in [2.24, 2.45) is 0 Å². The Bertz CT molecular complexity index is 1760. The molecule has 0 aliphatic carbocycles. The van der Waals surface area contributed by atoms with Crippen LogP contribution in [0.4, 0.5) is 0 Å². The van der Waals surface area contributed by atoms with Gasteiger partial charge in [0.25, 0.3) is 0 Å². The van der Waals surface area contributed by atoms with Gasteiger partial charge in [-0.05, 0) is 148 Å². The first-order valence-electron chi connectivity index (χ1n) is 31.5. The molecule has 78 heavy (non-hydrogen) atoms. The zero-order chi connectivity index (χ0) is 56.4. The molecule has 438 valence electrons. The molecule has 0 aliphatic rings. The third-order valence-electron chi connectivity index (χ3n) is 12.7. The van der Waals surface area contributed by atoms with Crippen molar-refractivity contribution in [3.05, 3.63) is 158 Å². The van der Waals surface area contributed by atoms with E-state index in [0.29, 0.717) is 19.3 Å². The SMILES string of the molecule is CC/C=C\C/C=C\C/C=C\C/C=C\C/C=C\C/C=C\C/C=C\C/C=C\C/C=C\CCCCCC(=O)OCC(COC(=O)CCCCCCC/C=C\C/C=C\CCC)OC(=O)CCCCCCC/C=C\C/C=C\CCCCCC. The topological polar surface area (TPSA) is 78.9 Å². The maximum atomic E-state index is 12.9. The molecule has 0 amide bonds. The molecule has 6 heteroatoms. The number of carbonyl (C=O) groups excluding carboxylic acids is 3. The number of hydrogen-bond donors (Lipinski definition) is 0. The summed E-state index contributed by atoms with van der Waals surface area (Å²) in [5.41, 5.74) is 0. The molecule has 0 spiro atoms. The zero-order valence-electron chi connectivity index (χ0n) is 50.1. The molecule has 0 aliphatic heterocycles. The van der Waals surface area contributed by atoms with E-state index in [9.17, 15) is 14.4 Å². The fourth-order valence-corrected chi connectivity index (χ4v) is 8.03. The monoisotopic (exact) mass is 1070 g/mol. The molecule has 0 aromatic rings. The largest absolute Gasteiger partial charge is 0.462 e. The number of ether oxygens (including phenoxy) is 3. The van der Waals surface area contributed by atoms with E-state index in [1.165, 1.54) is 38.5 Å². The maximum absolute atomic E-state index is 12.9. The van der Waals surface area contributed by atoms with Crippen molar-refractivity contribution in [3.63, 3.8) is 0 Å². The van der Waals surface area contributed by atoms with Crippen LogP contribution >= 0.6 is 0 Å². The van der Waals surface area contributed by atoms with Crippen molar-refractivity contribution >= 4 is 17.9 Å². The van der Waals surface area contributed by atoms with Crippen molar-refractivity contribution in [1.29, 1.82) is 0 Å². The fourth-order valence-electron chi connectivity index (χ4n) is 8.03. The van der Waals surface area contributed by atoms with Crippen LogP contribution in [0, 0.1) is 0 Å². The first-order valence-corrected chi connectivity index (χ1v) is 31.5. The quantitative estimate of drug-likeness (QED) is 0.0261. The highest BCUT2D eigenvalue weighted by molar-refractivity contribution is 5.71. The molecule has 0 saturated heterocycles. The summed E-state index contributed by atoms with van der Waals surface area (Å²) < 4.78 is 16.8. The minimum Gasteiger partial charge on any atom is -0.462 e. The first-order chi connectivity index (χ1) is 38.5. The van der Waals surface area contributed by atoms with E-state index in [2.05, 4.69) is 179 Å². The van der Waals surface area contributed by atoms with E-state index < -0.39 is 6.10 Å². The number of carbonyl (C=O) groups is 3. The van der Waals surface area contributed by atoms with Crippen LogP contribution in [0.5, 0.6) is 0 Å². The summed E-state index contributed by atoms with van der Waals surface area (Å²) in [6.07, 6.45) is 93.9. The van der Waals surface area contributed by atoms with E-state index in [1.807, 2.05) is 0 Å². The molecule has 0 fully saturated rings. The molecule has 0 N–H and O–H groups in total. The fraction of sp³-hybridized carbons (Fsp3) is 0.597. The summed E-state index contributed by atoms with van der Waals surface area (Å²) in [6.45, 7) is 6.38. The molecule has 0 aromatic carbocycles. The summed E-state index contributed by atoms with van der Waals surface area (Å²) in [6, 6.07) is 0. The van der Waals surface area contributed by atoms with Crippen LogP contribution in [0.25, 0.3) is 0 Å². The van der Waals surface area contributed by atoms with Crippen LogP contribution in [0.2, 0.25) is 0 Å². The molecule has 0 radical (unpaired) electrons. The van der Waals surface area contributed by atoms with Gasteiger partial charge < -0.3 is 14.2 Å². The number of esters is 3. The van der Waals surface area contributed by atoms with E-state index in [4.69, 9.17) is 14.2 Å². The lowest BCUT2D eigenvalue weighted by molar-refractivity contribution is -0.167. The Balaban J connectivity index is 4.42. The average molecular weight is 1080 g/mol. The molecular weight excluding hydrogens is 961 g/mol. The molecule has 0 aromatic heterocycles. The van der Waals surface area contributed by atoms with Gasteiger partial charge in [-0.3, -0.25) is 14.4 Å². The summed E-state index contributed by atoms with van der Waals surface area (Å²) in [4.78, 5) is 38.2. The second-order valence-electron chi connectivity index (χ2n) is 20.2. The molecule has 1 atom stereocenters. The third-order valence-corrected chi connectivity index (χ3v) is 12.7. The van der Waals surface area contributed by atoms with Crippen molar-refractivity contribution < 1.29 is 28.6 Å². The molecule has 0 bridgehead atoms. The molecule has 0 heterocycles. The highest BCUT2D eigenvalue weighted by atomic mass is 16.6. The maximum Gasteiger partial charge on any atom is 0.306 e. The molecule has 0 saturated carbocycles. The lowest BCUT2D eigenvalue weighted by Crippen LogP contribution is -2.30. The zero-order valence-corrected chi connectivity index (χ0v) is 50.1. The van der Waals surface area contributed by atoms with Crippen molar-refractivity contribution in [2.75, 3.05) is 13.2 Å². The highest BCUT2D eigenvalue weighted by Crippen LogP contribution is 2.13. The van der Waals surface area contributed by atoms with Crippen LogP contribution in [0.1, 0.15) is 258 Å². The van der Waals surface area contributed by atoms with E-state index in [1.54, 1.807) is 0 Å². The van der Waals surface area contributed by atoms with Gasteiger partial charge in [-0.15, -0.1) is 0 Å². The van der Waals surface area contributed by atoms with Gasteiger partial charge in [0.15, 0.2) is 6.10 Å². The summed E-state index contributed by atoms with van der Waals surface area (Å²) in [5, 5.41) is 0. The summed E-state index contributed by atoms with van der Waals surface area (Å²) in [7, 11) is 0. The lowest BCUT2D eigenvalue weighted by Gasteiger charge is -2.18. The second kappa shape index (κ2) is 64.6. The smallest absolute Gasteiger partial charge is 0.306 e. The average Bonchev–Trinajstić information content (AvgIpc) is 3.44. The Labute approximate surface area is 480 Å². The third kappa shape index (κ3) is 61.9. The van der Waals surface area contributed by atoms with Gasteiger partial charge in [0.1, 0.15) is 13.2 Å². The summed E-state index contributed by atoms with van der Waals surface area (Å²) in [5.74, 6) is -0.974. The minimum atomic E-state index is -0.813. The Morgan fingerprint density at radius 3 is 0.846 bits per heavy atom. The van der Waals surface area contributed by atoms with Gasteiger partial charge in [0.05, 0.1) is 0 Å². The van der Waals surface area contributed by atoms with Crippen molar-refractivity contribution in [1.82, 2.24) is 0 Å². The van der Waals surface area contributed by atoms with Crippen LogP contribution in [0.3, 0.4) is 0 Å². The number of allylic oxidation sites excluding steroid dienone is 26. The molecule has 6 nitrogen and oxygen atoms in total. The van der Waals surface area contributed by atoms with Crippen molar-refractivity contribution in [3.8, 4) is 0 Å². The number of unbranched alkanes of at least 4 members (excludes halogenated alkanes) is 18. The predicted molar refractivity (Wildman–Crippen MR) is 338 cm³/mol. The van der Waals surface area contributed by atoms with Gasteiger partial charge in [0, 0.05) is 19.3 Å². The number of rotatable bonds is 55. The Morgan fingerprint density at radius 1 is 0.269 bits per heavy atom. The Morgan fingerprint density at radius 2 is 0.526 bits per heavy atom. The molecule has 0 rings (SSSR count). The Hall–Kier alpha value is -4.97. The second-order valence-corrected chi connectivity index (χ2v) is 20.2. The molecule has 1 unspecified atom stereocenters. The normalized spacial score (nSPS) is 13.2. The van der Waals surface area contributed by atoms with Crippen molar-refractivity contribution in [2.45, 2.75) is 264 Å². The number of hydrogen-bond acceptors (Lipinski definition) is 6. The van der Waals surface area contributed by atoms with Crippen LogP contribution in [-0.4, -0.2) is 37.2 Å². The standard InChI is InChI=1S/C72H114O6/c1-4-7-10-13-16-19-22-25-27-29-30-31-32-33-34-35-36-37-38-39-40-41-42-43-45-47-50-53-56-59-62-65-71(74)77-68-69(67-76-70(73)64-61-58-55-52-49-46-24-21-18-15-12-9-6-3)78-72(75)66-63-60-57-54-51-48-44-28-26-23-20-17-14-11-8-5-2/h7,10,12,15-16,19-21,23-25,27-28,30-31,33-34,36-37,39-40,42-44,47,50,69H,4-6,8-9,11,13-14,17-18,22,26,29,32,35,38,41,45-46,48-49,51-68H2,1-3H3/b10-7-,15-12-,19-16-,23-20-,24-21-,27-25-,31-30-,34-33-,37-36-,40-39-,43-42-,44-28-,50-47-. The van der Waals surface area contributed by atoms with Gasteiger partial charge in [-0.2, -0.15) is 0 Å². The van der Waals surface area contributed by atoms with E-state index in [-0.39, 0.29) is 31.1 Å². The van der Waals surface area contributed by atoms with Crippen LogP contribution in [0.15, 0.2) is 158 Å². The van der Waals surface area contributed by atoms with Crippen LogP contribution in [-0.2, 0) is 28.6 Å². The first kappa shape index (κ1) is 73.0. The van der Waals surface area contributed by atoms with Gasteiger partial charge in [-0.25, -0.2) is 0 Å². The predicted octanol–water partition coefficient (Wildman–Crippen LogP) is 21.7. The van der Waals surface area contributed by atoms with Gasteiger partial charge in [-0.1, -0.05) is 249 Å². The summed E-state index contributed by atoms with van der Waals surface area (Å²) >= 11 is 0. The van der Waals surface area contributed by atoms with Crippen LogP contribution < -0.4 is 0 Å². The minimum absolute atomic E-state index is 0.108.